The van der Waals surface area contributed by atoms with Gasteiger partial charge in [0.1, 0.15) is 0 Å². The van der Waals surface area contributed by atoms with Crippen LogP contribution in [-0.4, -0.2) is 24.5 Å². The Morgan fingerprint density at radius 1 is 1.30 bits per heavy atom. The number of benzene rings is 1. The van der Waals surface area contributed by atoms with E-state index >= 15 is 0 Å². The van der Waals surface area contributed by atoms with E-state index in [4.69, 9.17) is 0 Å². The summed E-state index contributed by atoms with van der Waals surface area (Å²) in [4.78, 5) is 23.1. The molecule has 0 aliphatic carbocycles. The molecule has 0 heterocycles. The molecule has 0 aliphatic rings. The first-order valence-electron chi connectivity index (χ1n) is 6.54. The molecule has 1 aromatic carbocycles. The minimum atomic E-state index is -0.471. The predicted molar refractivity (Wildman–Crippen MR) is 82.4 cm³/mol. The zero-order valence-corrected chi connectivity index (χ0v) is 13.5. The van der Waals surface area contributed by atoms with Crippen molar-refractivity contribution >= 4 is 27.9 Å². The van der Waals surface area contributed by atoms with Crippen LogP contribution in [0.4, 0.5) is 4.79 Å². The van der Waals surface area contributed by atoms with Gasteiger partial charge in [0, 0.05) is 17.1 Å². The van der Waals surface area contributed by atoms with E-state index in [0.717, 1.165) is 10.0 Å². The van der Waals surface area contributed by atoms with Crippen molar-refractivity contribution in [3.05, 3.63) is 34.3 Å². The average molecular weight is 342 g/mol. The standard InChI is InChI=1S/C14H20BrN3O2/c1-4-16-14(20)18-13(19)10(3)17-9(2)11-6-5-7-12(15)8-11/h5-10,17H,4H2,1-3H3,(H2,16,18,19,20)/t9-,10?/m1/s1. The number of urea groups is 1. The van der Waals surface area contributed by atoms with Crippen molar-refractivity contribution in [2.24, 2.45) is 0 Å². The van der Waals surface area contributed by atoms with E-state index in [1.165, 1.54) is 0 Å². The maximum atomic E-state index is 11.8. The molecule has 1 aromatic rings. The van der Waals surface area contributed by atoms with E-state index in [1.54, 1.807) is 13.8 Å². The molecule has 0 saturated carbocycles. The van der Waals surface area contributed by atoms with Crippen molar-refractivity contribution < 1.29 is 9.59 Å². The fourth-order valence-electron chi connectivity index (χ4n) is 1.75. The van der Waals surface area contributed by atoms with Gasteiger partial charge in [-0.25, -0.2) is 4.79 Å². The highest BCUT2D eigenvalue weighted by Crippen LogP contribution is 2.18. The molecule has 3 amide bonds. The van der Waals surface area contributed by atoms with E-state index in [1.807, 2.05) is 31.2 Å². The molecular formula is C14H20BrN3O2. The molecule has 20 heavy (non-hydrogen) atoms. The molecule has 2 atom stereocenters. The van der Waals surface area contributed by atoms with Crippen LogP contribution in [0.2, 0.25) is 0 Å². The number of hydrogen-bond acceptors (Lipinski definition) is 3. The SMILES string of the molecule is CCNC(=O)NC(=O)C(C)N[C@H](C)c1cccc(Br)c1. The van der Waals surface area contributed by atoms with E-state index in [2.05, 4.69) is 31.9 Å². The molecular weight excluding hydrogens is 322 g/mol. The summed E-state index contributed by atoms with van der Waals surface area (Å²) < 4.78 is 0.989. The largest absolute Gasteiger partial charge is 0.338 e. The van der Waals surface area contributed by atoms with Crippen LogP contribution in [0.15, 0.2) is 28.7 Å². The van der Waals surface area contributed by atoms with Crippen LogP contribution in [0, 0.1) is 0 Å². The number of carbonyl (C=O) groups excluding carboxylic acids is 2. The molecule has 0 aliphatic heterocycles. The van der Waals surface area contributed by atoms with Crippen LogP contribution < -0.4 is 16.0 Å². The van der Waals surface area contributed by atoms with E-state index in [-0.39, 0.29) is 11.9 Å². The minimum absolute atomic E-state index is 0.00230. The Kier molecular flexibility index (Phi) is 6.67. The van der Waals surface area contributed by atoms with Gasteiger partial charge in [-0.05, 0) is 38.5 Å². The summed E-state index contributed by atoms with van der Waals surface area (Å²) in [5.41, 5.74) is 1.07. The molecule has 0 fully saturated rings. The number of rotatable bonds is 5. The Hall–Kier alpha value is -1.40. The van der Waals surface area contributed by atoms with Crippen molar-refractivity contribution in [1.29, 1.82) is 0 Å². The molecule has 5 nitrogen and oxygen atoms in total. The third-order valence-corrected chi connectivity index (χ3v) is 3.31. The zero-order valence-electron chi connectivity index (χ0n) is 11.9. The average Bonchev–Trinajstić information content (AvgIpc) is 2.38. The van der Waals surface area contributed by atoms with Crippen LogP contribution in [0.25, 0.3) is 0 Å². The molecule has 0 aromatic heterocycles. The van der Waals surface area contributed by atoms with Gasteiger partial charge in [-0.1, -0.05) is 28.1 Å². The van der Waals surface area contributed by atoms with Gasteiger partial charge in [0.2, 0.25) is 5.91 Å². The van der Waals surface area contributed by atoms with Gasteiger partial charge < -0.3 is 5.32 Å². The molecule has 1 rings (SSSR count). The minimum Gasteiger partial charge on any atom is -0.338 e. The lowest BCUT2D eigenvalue weighted by atomic mass is 10.1. The summed E-state index contributed by atoms with van der Waals surface area (Å²) in [6.45, 7) is 5.97. The maximum Gasteiger partial charge on any atom is 0.321 e. The fourth-order valence-corrected chi connectivity index (χ4v) is 2.16. The lowest BCUT2D eigenvalue weighted by molar-refractivity contribution is -0.121. The van der Waals surface area contributed by atoms with Crippen LogP contribution >= 0.6 is 15.9 Å². The summed E-state index contributed by atoms with van der Waals surface area (Å²) in [6.07, 6.45) is 0. The van der Waals surface area contributed by atoms with Crippen molar-refractivity contribution in [1.82, 2.24) is 16.0 Å². The van der Waals surface area contributed by atoms with Crippen LogP contribution in [0.3, 0.4) is 0 Å². The first kappa shape index (κ1) is 16.7. The summed E-state index contributed by atoms with van der Waals surface area (Å²) in [5.74, 6) is -0.349. The number of amides is 3. The van der Waals surface area contributed by atoms with Gasteiger partial charge in [-0.15, -0.1) is 0 Å². The smallest absolute Gasteiger partial charge is 0.321 e. The van der Waals surface area contributed by atoms with Gasteiger partial charge in [0.15, 0.2) is 0 Å². The zero-order chi connectivity index (χ0) is 15.1. The lowest BCUT2D eigenvalue weighted by Gasteiger charge is -2.20. The van der Waals surface area contributed by atoms with Gasteiger partial charge in [0.25, 0.3) is 0 Å². The Morgan fingerprint density at radius 3 is 2.60 bits per heavy atom. The van der Waals surface area contributed by atoms with Gasteiger partial charge in [-0.2, -0.15) is 0 Å². The number of carbonyl (C=O) groups is 2. The Bertz CT molecular complexity index is 479. The number of imide groups is 1. The fraction of sp³-hybridized carbons (Fsp3) is 0.429. The first-order chi connectivity index (χ1) is 9.43. The monoisotopic (exact) mass is 341 g/mol. The van der Waals surface area contributed by atoms with E-state index in [9.17, 15) is 9.59 Å². The van der Waals surface area contributed by atoms with E-state index < -0.39 is 12.1 Å². The second-order valence-corrected chi connectivity index (χ2v) is 5.43. The van der Waals surface area contributed by atoms with Crippen molar-refractivity contribution in [3.63, 3.8) is 0 Å². The van der Waals surface area contributed by atoms with Gasteiger partial charge >= 0.3 is 6.03 Å². The Morgan fingerprint density at radius 2 is 2.00 bits per heavy atom. The summed E-state index contributed by atoms with van der Waals surface area (Å²) in [5, 5.41) is 7.96. The van der Waals surface area contributed by atoms with Crippen LogP contribution in [0.5, 0.6) is 0 Å². The lowest BCUT2D eigenvalue weighted by Crippen LogP contribution is -2.48. The second-order valence-electron chi connectivity index (χ2n) is 4.51. The Balaban J connectivity index is 2.54. The van der Waals surface area contributed by atoms with Crippen molar-refractivity contribution in [2.75, 3.05) is 6.54 Å². The van der Waals surface area contributed by atoms with Crippen molar-refractivity contribution in [2.45, 2.75) is 32.9 Å². The second kappa shape index (κ2) is 8.01. The quantitative estimate of drug-likeness (QED) is 0.769. The number of hydrogen-bond donors (Lipinski definition) is 3. The van der Waals surface area contributed by atoms with Crippen LogP contribution in [0.1, 0.15) is 32.4 Å². The molecule has 0 bridgehead atoms. The summed E-state index contributed by atoms with van der Waals surface area (Å²) in [7, 11) is 0. The molecule has 3 N–H and O–H groups in total. The molecule has 0 saturated heterocycles. The molecule has 6 heteroatoms. The molecule has 0 spiro atoms. The number of nitrogens with one attached hydrogen (secondary N) is 3. The third kappa shape index (κ3) is 5.30. The normalized spacial score (nSPS) is 13.4. The first-order valence-corrected chi connectivity index (χ1v) is 7.33. The predicted octanol–water partition coefficient (Wildman–Crippen LogP) is 2.33. The number of halogens is 1. The highest BCUT2D eigenvalue weighted by Gasteiger charge is 2.18. The van der Waals surface area contributed by atoms with Gasteiger partial charge in [-0.3, -0.25) is 15.4 Å². The highest BCUT2D eigenvalue weighted by molar-refractivity contribution is 9.10. The molecule has 0 radical (unpaired) electrons. The topological polar surface area (TPSA) is 70.2 Å². The Labute approximate surface area is 127 Å². The van der Waals surface area contributed by atoms with Crippen LogP contribution in [-0.2, 0) is 4.79 Å². The summed E-state index contributed by atoms with van der Waals surface area (Å²) >= 11 is 3.42. The summed E-state index contributed by atoms with van der Waals surface area (Å²) in [6, 6.07) is 6.93. The molecule has 1 unspecified atom stereocenters. The highest BCUT2D eigenvalue weighted by atomic mass is 79.9. The third-order valence-electron chi connectivity index (χ3n) is 2.82. The van der Waals surface area contributed by atoms with Gasteiger partial charge in [0.05, 0.1) is 6.04 Å². The maximum absolute atomic E-state index is 11.8. The molecule has 110 valence electrons. The van der Waals surface area contributed by atoms with Crippen molar-refractivity contribution in [3.8, 4) is 0 Å². The van der Waals surface area contributed by atoms with E-state index in [0.29, 0.717) is 6.54 Å².